The molecule has 0 aliphatic carbocycles. The summed E-state index contributed by atoms with van der Waals surface area (Å²) in [6.07, 6.45) is 1.12. The van der Waals surface area contributed by atoms with Crippen LogP contribution in [0.1, 0.15) is 31.1 Å². The SMILES string of the molecule is CCNc1ncc([N+](=O)[O-])cc1C(=O)NCC(C)(C)OC. The summed E-state index contributed by atoms with van der Waals surface area (Å²) < 4.78 is 5.21. The Kier molecular flexibility index (Phi) is 5.60. The van der Waals surface area contributed by atoms with Gasteiger partial charge in [-0.05, 0) is 20.8 Å². The topological polar surface area (TPSA) is 106 Å². The van der Waals surface area contributed by atoms with Crippen molar-refractivity contribution in [2.24, 2.45) is 0 Å². The predicted molar refractivity (Wildman–Crippen MR) is 78.5 cm³/mol. The molecule has 0 spiro atoms. The van der Waals surface area contributed by atoms with Gasteiger partial charge in [-0.3, -0.25) is 14.9 Å². The number of pyridine rings is 1. The summed E-state index contributed by atoms with van der Waals surface area (Å²) in [6.45, 7) is 6.32. The first-order valence-corrected chi connectivity index (χ1v) is 6.52. The summed E-state index contributed by atoms with van der Waals surface area (Å²) in [5.74, 6) is -0.122. The van der Waals surface area contributed by atoms with E-state index >= 15 is 0 Å². The third-order valence-electron chi connectivity index (χ3n) is 2.90. The Morgan fingerprint density at radius 2 is 2.19 bits per heavy atom. The number of methoxy groups -OCH3 is 1. The summed E-state index contributed by atoms with van der Waals surface area (Å²) in [4.78, 5) is 26.4. The van der Waals surface area contributed by atoms with E-state index < -0.39 is 16.4 Å². The number of nitro groups is 1. The minimum absolute atomic E-state index is 0.137. The number of nitrogens with zero attached hydrogens (tertiary/aromatic N) is 2. The van der Waals surface area contributed by atoms with Crippen molar-refractivity contribution in [2.75, 3.05) is 25.5 Å². The Bertz CT molecular complexity index is 531. The van der Waals surface area contributed by atoms with Gasteiger partial charge in [0.05, 0.1) is 16.1 Å². The van der Waals surface area contributed by atoms with Crippen molar-refractivity contribution >= 4 is 17.4 Å². The molecular weight excluding hydrogens is 276 g/mol. The third-order valence-corrected chi connectivity index (χ3v) is 2.90. The first kappa shape index (κ1) is 16.8. The molecule has 0 fully saturated rings. The van der Waals surface area contributed by atoms with Crippen LogP contribution in [0.5, 0.6) is 0 Å². The van der Waals surface area contributed by atoms with Crippen LogP contribution in [0.3, 0.4) is 0 Å². The van der Waals surface area contributed by atoms with E-state index in [2.05, 4.69) is 15.6 Å². The van der Waals surface area contributed by atoms with Gasteiger partial charge in [0.1, 0.15) is 12.0 Å². The van der Waals surface area contributed by atoms with Crippen LogP contribution in [0, 0.1) is 10.1 Å². The molecule has 1 aromatic rings. The number of ether oxygens (including phenoxy) is 1. The van der Waals surface area contributed by atoms with Gasteiger partial charge in [-0.15, -0.1) is 0 Å². The van der Waals surface area contributed by atoms with Crippen molar-refractivity contribution in [3.63, 3.8) is 0 Å². The molecule has 0 aliphatic rings. The van der Waals surface area contributed by atoms with Gasteiger partial charge < -0.3 is 15.4 Å². The van der Waals surface area contributed by atoms with Crippen LogP contribution in [0.25, 0.3) is 0 Å². The lowest BCUT2D eigenvalue weighted by Crippen LogP contribution is -2.40. The summed E-state index contributed by atoms with van der Waals surface area (Å²) in [5, 5.41) is 16.4. The van der Waals surface area contributed by atoms with Crippen LogP contribution in [0.4, 0.5) is 11.5 Å². The van der Waals surface area contributed by atoms with E-state index in [1.54, 1.807) is 7.11 Å². The van der Waals surface area contributed by atoms with Crippen molar-refractivity contribution in [3.05, 3.63) is 27.9 Å². The molecule has 1 heterocycles. The van der Waals surface area contributed by atoms with Crippen LogP contribution < -0.4 is 10.6 Å². The fourth-order valence-corrected chi connectivity index (χ4v) is 1.50. The second kappa shape index (κ2) is 6.98. The smallest absolute Gasteiger partial charge is 0.288 e. The highest BCUT2D eigenvalue weighted by Gasteiger charge is 2.21. The maximum Gasteiger partial charge on any atom is 0.288 e. The molecule has 2 N–H and O–H groups in total. The predicted octanol–water partition coefficient (Wildman–Crippen LogP) is 1.58. The van der Waals surface area contributed by atoms with Crippen molar-refractivity contribution in [3.8, 4) is 0 Å². The maximum absolute atomic E-state index is 12.2. The van der Waals surface area contributed by atoms with Crippen molar-refractivity contribution in [1.29, 1.82) is 0 Å². The van der Waals surface area contributed by atoms with E-state index in [1.807, 2.05) is 20.8 Å². The number of carbonyl (C=O) groups excluding carboxylic acids is 1. The molecule has 1 amide bonds. The molecule has 1 rings (SSSR count). The van der Waals surface area contributed by atoms with Crippen LogP contribution in [0.2, 0.25) is 0 Å². The lowest BCUT2D eigenvalue weighted by molar-refractivity contribution is -0.385. The number of rotatable bonds is 7. The third kappa shape index (κ3) is 4.67. The van der Waals surface area contributed by atoms with Gasteiger partial charge in [-0.1, -0.05) is 0 Å². The first-order valence-electron chi connectivity index (χ1n) is 6.52. The summed E-state index contributed by atoms with van der Waals surface area (Å²) in [6, 6.07) is 1.21. The number of aromatic nitrogens is 1. The molecule has 0 aromatic carbocycles. The van der Waals surface area contributed by atoms with Gasteiger partial charge in [-0.25, -0.2) is 4.98 Å². The summed E-state index contributed by atoms with van der Waals surface area (Å²) >= 11 is 0. The van der Waals surface area contributed by atoms with Gasteiger partial charge in [0.25, 0.3) is 11.6 Å². The lowest BCUT2D eigenvalue weighted by Gasteiger charge is -2.23. The number of carbonyl (C=O) groups is 1. The van der Waals surface area contributed by atoms with E-state index in [4.69, 9.17) is 4.74 Å². The molecule has 0 radical (unpaired) electrons. The Balaban J connectivity index is 2.99. The molecule has 1 aromatic heterocycles. The Labute approximate surface area is 123 Å². The summed E-state index contributed by atoms with van der Waals surface area (Å²) in [5.41, 5.74) is -0.618. The number of anilines is 1. The van der Waals surface area contributed by atoms with E-state index in [0.717, 1.165) is 6.20 Å². The Morgan fingerprint density at radius 3 is 2.71 bits per heavy atom. The molecule has 0 bridgehead atoms. The fourth-order valence-electron chi connectivity index (χ4n) is 1.50. The fraction of sp³-hybridized carbons (Fsp3) is 0.538. The molecule has 0 saturated heterocycles. The highest BCUT2D eigenvalue weighted by Crippen LogP contribution is 2.19. The first-order chi connectivity index (χ1) is 9.80. The molecule has 8 heteroatoms. The van der Waals surface area contributed by atoms with Crippen LogP contribution >= 0.6 is 0 Å². The second-order valence-electron chi connectivity index (χ2n) is 5.02. The quantitative estimate of drug-likeness (QED) is 0.584. The number of hydrogen-bond acceptors (Lipinski definition) is 6. The highest BCUT2D eigenvalue weighted by atomic mass is 16.6. The van der Waals surface area contributed by atoms with Crippen LogP contribution in [-0.2, 0) is 4.74 Å². The van der Waals surface area contributed by atoms with Crippen LogP contribution in [0.15, 0.2) is 12.3 Å². The van der Waals surface area contributed by atoms with Crippen molar-refractivity contribution in [1.82, 2.24) is 10.3 Å². The lowest BCUT2D eigenvalue weighted by atomic mass is 10.1. The van der Waals surface area contributed by atoms with Crippen LogP contribution in [-0.4, -0.2) is 41.6 Å². The minimum atomic E-state index is -0.585. The normalized spacial score (nSPS) is 11.0. The number of hydrogen-bond donors (Lipinski definition) is 2. The molecular formula is C13H20N4O4. The molecule has 0 saturated carbocycles. The van der Waals surface area contributed by atoms with Gasteiger partial charge in [-0.2, -0.15) is 0 Å². The molecule has 116 valence electrons. The van der Waals surface area contributed by atoms with E-state index in [-0.39, 0.29) is 17.8 Å². The van der Waals surface area contributed by atoms with Gasteiger partial charge in [0.2, 0.25) is 0 Å². The largest absolute Gasteiger partial charge is 0.377 e. The van der Waals surface area contributed by atoms with Gasteiger partial charge >= 0.3 is 0 Å². The van der Waals surface area contributed by atoms with Gasteiger partial charge in [0, 0.05) is 26.3 Å². The molecule has 0 atom stereocenters. The number of amides is 1. The van der Waals surface area contributed by atoms with E-state index in [1.165, 1.54) is 6.07 Å². The molecule has 21 heavy (non-hydrogen) atoms. The monoisotopic (exact) mass is 296 g/mol. The Hall–Kier alpha value is -2.22. The van der Waals surface area contributed by atoms with E-state index in [9.17, 15) is 14.9 Å². The molecule has 0 aliphatic heterocycles. The Morgan fingerprint density at radius 1 is 1.52 bits per heavy atom. The second-order valence-corrected chi connectivity index (χ2v) is 5.02. The maximum atomic E-state index is 12.2. The zero-order valence-electron chi connectivity index (χ0n) is 12.6. The van der Waals surface area contributed by atoms with E-state index in [0.29, 0.717) is 12.4 Å². The number of nitrogens with one attached hydrogen (secondary N) is 2. The minimum Gasteiger partial charge on any atom is -0.377 e. The van der Waals surface area contributed by atoms with Crippen molar-refractivity contribution < 1.29 is 14.5 Å². The van der Waals surface area contributed by atoms with Gasteiger partial charge in [0.15, 0.2) is 0 Å². The molecule has 8 nitrogen and oxygen atoms in total. The standard InChI is InChI=1S/C13H20N4O4/c1-5-14-11-10(6-9(7-15-11)17(19)20)12(18)16-8-13(2,3)21-4/h6-7H,5,8H2,1-4H3,(H,14,15)(H,16,18). The van der Waals surface area contributed by atoms with Crippen molar-refractivity contribution in [2.45, 2.75) is 26.4 Å². The average Bonchev–Trinajstić information content (AvgIpc) is 2.45. The zero-order valence-corrected chi connectivity index (χ0v) is 12.6. The average molecular weight is 296 g/mol. The zero-order chi connectivity index (χ0) is 16.0. The molecule has 0 unspecified atom stereocenters. The highest BCUT2D eigenvalue weighted by molar-refractivity contribution is 5.99. The summed E-state index contributed by atoms with van der Waals surface area (Å²) in [7, 11) is 1.55.